The van der Waals surface area contributed by atoms with E-state index in [4.69, 9.17) is 10.2 Å². The molecular weight excluding hydrogens is 262 g/mol. The predicted octanol–water partition coefficient (Wildman–Crippen LogP) is 0.787. The number of amides is 1. The monoisotopic (exact) mass is 277 g/mol. The summed E-state index contributed by atoms with van der Waals surface area (Å²) >= 11 is 0. The minimum absolute atomic E-state index is 0.341. The summed E-state index contributed by atoms with van der Waals surface area (Å²) in [5.74, 6) is -3.04. The number of carbonyl (C=O) groups is 3. The number of hydrogen-bond acceptors (Lipinski definition) is 3. The van der Waals surface area contributed by atoms with Crippen molar-refractivity contribution in [1.82, 2.24) is 4.90 Å². The van der Waals surface area contributed by atoms with Crippen molar-refractivity contribution in [3.63, 3.8) is 0 Å². The molecule has 20 heavy (non-hydrogen) atoms. The molecule has 0 unspecified atom stereocenters. The van der Waals surface area contributed by atoms with Gasteiger partial charge in [0.2, 0.25) is 0 Å². The number of rotatable bonds is 5. The van der Waals surface area contributed by atoms with Gasteiger partial charge in [-0.1, -0.05) is 6.07 Å². The van der Waals surface area contributed by atoms with Crippen LogP contribution in [0.1, 0.15) is 27.9 Å². The molecule has 0 fully saturated rings. The van der Waals surface area contributed by atoms with Crippen molar-refractivity contribution in [2.45, 2.75) is 19.3 Å². The fraction of sp³-hybridized carbons (Fsp3) is 0.357. The van der Waals surface area contributed by atoms with Crippen molar-refractivity contribution in [3.8, 4) is 0 Å². The number of benzene rings is 1. The van der Waals surface area contributed by atoms with Crippen LogP contribution in [0.15, 0.2) is 18.2 Å². The number of aliphatic carboxylic acids is 2. The van der Waals surface area contributed by atoms with Crippen molar-refractivity contribution in [1.29, 1.82) is 0 Å². The number of nitrogens with zero attached hydrogens (tertiary/aromatic N) is 1. The van der Waals surface area contributed by atoms with Gasteiger partial charge in [-0.15, -0.1) is 0 Å². The van der Waals surface area contributed by atoms with Gasteiger partial charge in [-0.25, -0.2) is 0 Å². The van der Waals surface area contributed by atoms with Crippen LogP contribution in [0.4, 0.5) is 0 Å². The maximum atomic E-state index is 12.2. The molecule has 106 valence electrons. The van der Waals surface area contributed by atoms with E-state index in [0.717, 1.165) is 29.7 Å². The zero-order valence-electron chi connectivity index (χ0n) is 10.8. The maximum Gasteiger partial charge on any atom is 0.323 e. The molecule has 1 amide bonds. The summed E-state index contributed by atoms with van der Waals surface area (Å²) in [5.41, 5.74) is 2.62. The molecular formula is C14H15NO5. The van der Waals surface area contributed by atoms with Gasteiger partial charge in [-0.3, -0.25) is 14.4 Å². The van der Waals surface area contributed by atoms with Crippen LogP contribution in [-0.4, -0.2) is 46.0 Å². The molecule has 6 nitrogen and oxygen atoms in total. The summed E-state index contributed by atoms with van der Waals surface area (Å²) < 4.78 is 0. The number of aryl methyl sites for hydroxylation is 2. The lowest BCUT2D eigenvalue weighted by atomic mass is 10.1. The first-order valence-corrected chi connectivity index (χ1v) is 6.32. The van der Waals surface area contributed by atoms with Crippen LogP contribution in [0.5, 0.6) is 0 Å². The van der Waals surface area contributed by atoms with Gasteiger partial charge < -0.3 is 15.1 Å². The normalized spacial score (nSPS) is 12.8. The molecule has 0 bridgehead atoms. The van der Waals surface area contributed by atoms with Gasteiger partial charge in [0.1, 0.15) is 13.1 Å². The summed E-state index contributed by atoms with van der Waals surface area (Å²) in [6.45, 7) is -1.25. The predicted molar refractivity (Wildman–Crippen MR) is 69.6 cm³/mol. The largest absolute Gasteiger partial charge is 0.480 e. The Morgan fingerprint density at radius 3 is 2.20 bits per heavy atom. The van der Waals surface area contributed by atoms with E-state index in [0.29, 0.717) is 5.56 Å². The Kier molecular flexibility index (Phi) is 4.02. The topological polar surface area (TPSA) is 94.9 Å². The number of carboxylic acids is 2. The molecule has 2 N–H and O–H groups in total. The third kappa shape index (κ3) is 3.14. The lowest BCUT2D eigenvalue weighted by Gasteiger charge is -2.18. The van der Waals surface area contributed by atoms with E-state index in [9.17, 15) is 14.4 Å². The molecule has 0 aromatic heterocycles. The summed E-state index contributed by atoms with van der Waals surface area (Å²) in [4.78, 5) is 34.5. The second kappa shape index (κ2) is 5.73. The second-order valence-electron chi connectivity index (χ2n) is 4.79. The smallest absolute Gasteiger partial charge is 0.323 e. The van der Waals surface area contributed by atoms with E-state index >= 15 is 0 Å². The minimum atomic E-state index is -1.24. The van der Waals surface area contributed by atoms with E-state index in [-0.39, 0.29) is 0 Å². The zero-order chi connectivity index (χ0) is 14.7. The van der Waals surface area contributed by atoms with E-state index in [1.54, 1.807) is 12.1 Å². The highest BCUT2D eigenvalue weighted by molar-refractivity contribution is 5.97. The van der Waals surface area contributed by atoms with Crippen LogP contribution in [0, 0.1) is 0 Å². The van der Waals surface area contributed by atoms with Gasteiger partial charge in [0.05, 0.1) is 0 Å². The first-order chi connectivity index (χ1) is 9.47. The van der Waals surface area contributed by atoms with Gasteiger partial charge in [-0.05, 0) is 42.5 Å². The molecule has 1 aromatic rings. The fourth-order valence-electron chi connectivity index (χ4n) is 2.41. The Balaban J connectivity index is 2.22. The Labute approximate surface area is 115 Å². The molecule has 0 aliphatic heterocycles. The Morgan fingerprint density at radius 1 is 1.00 bits per heavy atom. The van der Waals surface area contributed by atoms with Gasteiger partial charge in [0.15, 0.2) is 0 Å². The van der Waals surface area contributed by atoms with E-state index in [1.807, 2.05) is 6.07 Å². The highest BCUT2D eigenvalue weighted by Crippen LogP contribution is 2.23. The first-order valence-electron chi connectivity index (χ1n) is 6.32. The second-order valence-corrected chi connectivity index (χ2v) is 4.79. The van der Waals surface area contributed by atoms with Crippen LogP contribution in [0.3, 0.4) is 0 Å². The third-order valence-corrected chi connectivity index (χ3v) is 3.28. The minimum Gasteiger partial charge on any atom is -0.480 e. The summed E-state index contributed by atoms with van der Waals surface area (Å²) in [6, 6.07) is 5.22. The van der Waals surface area contributed by atoms with E-state index in [2.05, 4.69) is 0 Å². The molecule has 0 heterocycles. The molecule has 0 saturated carbocycles. The van der Waals surface area contributed by atoms with Crippen LogP contribution in [0.25, 0.3) is 0 Å². The molecule has 2 rings (SSSR count). The van der Waals surface area contributed by atoms with Gasteiger partial charge >= 0.3 is 11.9 Å². The van der Waals surface area contributed by atoms with Crippen molar-refractivity contribution in [3.05, 3.63) is 34.9 Å². The SMILES string of the molecule is O=C(O)CN(CC(=O)O)C(=O)c1ccc2c(c1)CCC2. The molecule has 0 atom stereocenters. The highest BCUT2D eigenvalue weighted by atomic mass is 16.4. The average molecular weight is 277 g/mol. The molecule has 1 aliphatic rings. The Bertz CT molecular complexity index is 551. The van der Waals surface area contributed by atoms with Crippen molar-refractivity contribution in [2.75, 3.05) is 13.1 Å². The highest BCUT2D eigenvalue weighted by Gasteiger charge is 2.22. The zero-order valence-corrected chi connectivity index (χ0v) is 10.8. The number of fused-ring (bicyclic) bond motifs is 1. The maximum absolute atomic E-state index is 12.2. The summed E-state index contributed by atoms with van der Waals surface area (Å²) in [5, 5.41) is 17.5. The number of carboxylic acid groups (broad SMARTS) is 2. The van der Waals surface area contributed by atoms with Gasteiger partial charge in [-0.2, -0.15) is 0 Å². The van der Waals surface area contributed by atoms with Gasteiger partial charge in [0, 0.05) is 5.56 Å². The van der Waals surface area contributed by atoms with Crippen LogP contribution in [-0.2, 0) is 22.4 Å². The van der Waals surface area contributed by atoms with E-state index in [1.165, 1.54) is 5.56 Å². The van der Waals surface area contributed by atoms with Crippen LogP contribution in [0.2, 0.25) is 0 Å². The summed E-state index contributed by atoms with van der Waals surface area (Å²) in [7, 11) is 0. The molecule has 6 heteroatoms. The third-order valence-electron chi connectivity index (χ3n) is 3.28. The fourth-order valence-corrected chi connectivity index (χ4v) is 2.41. The molecule has 1 aromatic carbocycles. The molecule has 0 spiro atoms. The van der Waals surface area contributed by atoms with Crippen molar-refractivity contribution in [2.24, 2.45) is 0 Å². The Hall–Kier alpha value is -2.37. The quantitative estimate of drug-likeness (QED) is 0.829. The lowest BCUT2D eigenvalue weighted by Crippen LogP contribution is -2.39. The molecule has 0 saturated heterocycles. The van der Waals surface area contributed by atoms with E-state index < -0.39 is 30.9 Å². The van der Waals surface area contributed by atoms with Gasteiger partial charge in [0.25, 0.3) is 5.91 Å². The lowest BCUT2D eigenvalue weighted by molar-refractivity contribution is -0.140. The standard InChI is InChI=1S/C14H15NO5/c16-12(17)7-15(8-13(18)19)14(20)11-5-4-9-2-1-3-10(9)6-11/h4-6H,1-3,7-8H2,(H,16,17)(H,18,19). The van der Waals surface area contributed by atoms with Crippen molar-refractivity contribution >= 4 is 17.8 Å². The van der Waals surface area contributed by atoms with Crippen LogP contribution < -0.4 is 0 Å². The molecule has 1 aliphatic carbocycles. The number of hydrogen-bond donors (Lipinski definition) is 2. The average Bonchev–Trinajstić information content (AvgIpc) is 2.83. The Morgan fingerprint density at radius 2 is 1.60 bits per heavy atom. The first kappa shape index (κ1) is 14.0. The summed E-state index contributed by atoms with van der Waals surface area (Å²) in [6.07, 6.45) is 2.92. The van der Waals surface area contributed by atoms with Crippen molar-refractivity contribution < 1.29 is 24.6 Å². The molecule has 0 radical (unpaired) electrons. The number of carbonyl (C=O) groups excluding carboxylic acids is 1. The van der Waals surface area contributed by atoms with Crippen LogP contribution >= 0.6 is 0 Å².